The van der Waals surface area contributed by atoms with Crippen molar-refractivity contribution >= 4 is 49.3 Å². The molecule has 0 atom stereocenters. The van der Waals surface area contributed by atoms with Gasteiger partial charge in [-0.05, 0) is 36.4 Å². The normalized spacial score (nSPS) is 11.5. The van der Waals surface area contributed by atoms with Gasteiger partial charge in [-0.2, -0.15) is 0 Å². The number of aliphatic hydroxyl groups excluding tert-OH is 1. The van der Waals surface area contributed by atoms with Crippen molar-refractivity contribution in [2.75, 3.05) is 23.2 Å². The van der Waals surface area contributed by atoms with Crippen LogP contribution >= 0.6 is 11.8 Å². The Morgan fingerprint density at radius 2 is 2.00 bits per heavy atom. The van der Waals surface area contributed by atoms with E-state index in [2.05, 4.69) is 4.98 Å². The van der Waals surface area contributed by atoms with Crippen LogP contribution in [0.25, 0.3) is 11.0 Å². The number of aromatic nitrogens is 1. The van der Waals surface area contributed by atoms with Crippen LogP contribution in [0.2, 0.25) is 0 Å². The molecule has 3 rings (SSSR count). The molecule has 0 radical (unpaired) electrons. The largest absolute Gasteiger partial charge is 0.464 e. The molecule has 0 unspecified atom stereocenters. The van der Waals surface area contributed by atoms with Crippen LogP contribution in [0, 0.1) is 0 Å². The molecule has 0 bridgehead atoms. The third kappa shape index (κ3) is 4.66. The quantitative estimate of drug-likeness (QED) is 0.537. The predicted molar refractivity (Wildman–Crippen MR) is 110 cm³/mol. The summed E-state index contributed by atoms with van der Waals surface area (Å²) in [5, 5.41) is 9.92. The van der Waals surface area contributed by atoms with Crippen molar-refractivity contribution in [1.82, 2.24) is 4.98 Å². The van der Waals surface area contributed by atoms with E-state index in [-0.39, 0.29) is 40.4 Å². The van der Waals surface area contributed by atoms with Gasteiger partial charge >= 0.3 is 0 Å². The number of hydrogen-bond acceptors (Lipinski definition) is 8. The van der Waals surface area contributed by atoms with Gasteiger partial charge in [0, 0.05) is 18.5 Å². The second-order valence-electron chi connectivity index (χ2n) is 6.03. The van der Waals surface area contributed by atoms with E-state index in [1.165, 1.54) is 25.3 Å². The molecular formula is C19H18N2O6S2. The summed E-state index contributed by atoms with van der Waals surface area (Å²) in [6.07, 6.45) is 2.60. The molecule has 0 spiro atoms. The first-order valence-corrected chi connectivity index (χ1v) is 11.0. The molecule has 0 aliphatic rings. The summed E-state index contributed by atoms with van der Waals surface area (Å²) in [5.41, 5.74) is 1.06. The minimum absolute atomic E-state index is 0.0597. The lowest BCUT2D eigenvalue weighted by Crippen LogP contribution is -2.33. The van der Waals surface area contributed by atoms with E-state index in [0.717, 1.165) is 27.7 Å². The number of Topliss-reactive ketones (excluding diaryl/α,β-unsaturated/α-hetero) is 1. The maximum absolute atomic E-state index is 13.1. The van der Waals surface area contributed by atoms with E-state index in [9.17, 15) is 23.1 Å². The number of fused-ring (bicyclic) bond motifs is 1. The van der Waals surface area contributed by atoms with Gasteiger partial charge in [0.15, 0.2) is 10.9 Å². The molecule has 2 aromatic heterocycles. The summed E-state index contributed by atoms with van der Waals surface area (Å²) >= 11 is 0.864. The summed E-state index contributed by atoms with van der Waals surface area (Å²) in [4.78, 5) is 26.8. The minimum Gasteiger partial charge on any atom is -0.464 e. The zero-order chi connectivity index (χ0) is 21.0. The van der Waals surface area contributed by atoms with Gasteiger partial charge in [-0.15, -0.1) is 0 Å². The topological polar surface area (TPSA) is 118 Å². The fraction of sp³-hybridized carbons (Fsp3) is 0.211. The number of anilines is 1. The predicted octanol–water partition coefficient (Wildman–Crippen LogP) is 2.48. The standard InChI is InChI=1S/C19H18N2O6S2/c1-13(23)28-12-18(24)17-4-3-16(11-20-17)29(25,26)21(7-8-22)15-2-5-19-14(10-15)6-9-27-19/h2-6,9-11,22H,7-8,12H2,1H3. The molecule has 29 heavy (non-hydrogen) atoms. The van der Waals surface area contributed by atoms with Crippen LogP contribution in [-0.4, -0.2) is 48.3 Å². The lowest BCUT2D eigenvalue weighted by Gasteiger charge is -2.23. The molecule has 2 heterocycles. The van der Waals surface area contributed by atoms with E-state index in [4.69, 9.17) is 4.42 Å². The van der Waals surface area contributed by atoms with Crippen LogP contribution < -0.4 is 4.31 Å². The number of nitrogens with zero attached hydrogens (tertiary/aromatic N) is 2. The Balaban J connectivity index is 1.90. The van der Waals surface area contributed by atoms with Crippen LogP contribution in [0.3, 0.4) is 0 Å². The third-order valence-electron chi connectivity index (χ3n) is 4.04. The van der Waals surface area contributed by atoms with Crippen LogP contribution in [-0.2, 0) is 14.8 Å². The maximum Gasteiger partial charge on any atom is 0.265 e. The average Bonchev–Trinajstić information content (AvgIpc) is 3.18. The number of hydrogen-bond donors (Lipinski definition) is 1. The van der Waals surface area contributed by atoms with Crippen LogP contribution in [0.4, 0.5) is 5.69 Å². The first kappa shape index (κ1) is 21.0. The Labute approximate surface area is 171 Å². The molecule has 0 saturated carbocycles. The smallest absolute Gasteiger partial charge is 0.265 e. The number of carbonyl (C=O) groups excluding carboxylic acids is 2. The van der Waals surface area contributed by atoms with Crippen molar-refractivity contribution in [3.63, 3.8) is 0 Å². The summed E-state index contributed by atoms with van der Waals surface area (Å²) < 4.78 is 32.6. The molecular weight excluding hydrogens is 416 g/mol. The molecule has 8 nitrogen and oxygen atoms in total. The third-order valence-corrected chi connectivity index (χ3v) is 6.67. The summed E-state index contributed by atoms with van der Waals surface area (Å²) in [6.45, 7) is 0.828. The molecule has 1 aromatic carbocycles. The van der Waals surface area contributed by atoms with Crippen molar-refractivity contribution in [1.29, 1.82) is 0 Å². The Kier molecular flexibility index (Phi) is 6.36. The van der Waals surface area contributed by atoms with Crippen molar-refractivity contribution in [2.24, 2.45) is 0 Å². The van der Waals surface area contributed by atoms with E-state index >= 15 is 0 Å². The number of carbonyl (C=O) groups is 2. The van der Waals surface area contributed by atoms with Crippen molar-refractivity contribution in [2.45, 2.75) is 11.8 Å². The Hall–Kier alpha value is -2.69. The summed E-state index contributed by atoms with van der Waals surface area (Å²) in [6, 6.07) is 9.20. The maximum atomic E-state index is 13.1. The highest BCUT2D eigenvalue weighted by molar-refractivity contribution is 8.14. The number of furan rings is 1. The SMILES string of the molecule is CC(=O)SCC(=O)c1ccc(S(=O)(=O)N(CCO)c2ccc3occc3c2)cn1. The molecule has 0 fully saturated rings. The van der Waals surface area contributed by atoms with Crippen LogP contribution in [0.15, 0.2) is 58.2 Å². The first-order chi connectivity index (χ1) is 13.8. The van der Waals surface area contributed by atoms with Gasteiger partial charge in [-0.25, -0.2) is 8.42 Å². The second-order valence-corrected chi connectivity index (χ2v) is 9.04. The molecule has 152 valence electrons. The summed E-state index contributed by atoms with van der Waals surface area (Å²) in [7, 11) is -4.03. The van der Waals surface area contributed by atoms with Gasteiger partial charge < -0.3 is 9.52 Å². The number of pyridine rings is 1. The van der Waals surface area contributed by atoms with Gasteiger partial charge in [0.1, 0.15) is 16.2 Å². The molecule has 0 aliphatic heterocycles. The Morgan fingerprint density at radius 3 is 2.66 bits per heavy atom. The highest BCUT2D eigenvalue weighted by Crippen LogP contribution is 2.27. The van der Waals surface area contributed by atoms with Crippen molar-refractivity contribution < 1.29 is 27.5 Å². The monoisotopic (exact) mass is 434 g/mol. The van der Waals surface area contributed by atoms with Crippen molar-refractivity contribution in [3.05, 3.63) is 54.6 Å². The molecule has 0 saturated heterocycles. The molecule has 0 amide bonds. The number of sulfonamides is 1. The number of ketones is 1. The number of aliphatic hydroxyl groups is 1. The number of benzene rings is 1. The summed E-state index contributed by atoms with van der Waals surface area (Å²) in [5.74, 6) is -0.428. The Bertz CT molecular complexity index is 1140. The van der Waals surface area contributed by atoms with E-state index in [1.54, 1.807) is 24.3 Å². The molecule has 1 N–H and O–H groups in total. The molecule has 10 heteroatoms. The lowest BCUT2D eigenvalue weighted by atomic mass is 10.2. The fourth-order valence-electron chi connectivity index (χ4n) is 2.65. The fourth-order valence-corrected chi connectivity index (χ4v) is 4.53. The first-order valence-electron chi connectivity index (χ1n) is 8.56. The highest BCUT2D eigenvalue weighted by atomic mass is 32.2. The molecule has 3 aromatic rings. The van der Waals surface area contributed by atoms with E-state index in [0.29, 0.717) is 11.3 Å². The van der Waals surface area contributed by atoms with Crippen LogP contribution in [0.1, 0.15) is 17.4 Å². The minimum atomic E-state index is -4.03. The zero-order valence-corrected chi connectivity index (χ0v) is 17.1. The highest BCUT2D eigenvalue weighted by Gasteiger charge is 2.26. The molecule has 0 aliphatic carbocycles. The van der Waals surface area contributed by atoms with Gasteiger partial charge in [-0.1, -0.05) is 11.8 Å². The average molecular weight is 434 g/mol. The van der Waals surface area contributed by atoms with E-state index < -0.39 is 10.0 Å². The van der Waals surface area contributed by atoms with E-state index in [1.807, 2.05) is 0 Å². The number of rotatable bonds is 8. The Morgan fingerprint density at radius 1 is 1.21 bits per heavy atom. The van der Waals surface area contributed by atoms with Gasteiger partial charge in [0.2, 0.25) is 0 Å². The van der Waals surface area contributed by atoms with Gasteiger partial charge in [-0.3, -0.25) is 18.9 Å². The van der Waals surface area contributed by atoms with Crippen LogP contribution in [0.5, 0.6) is 0 Å². The van der Waals surface area contributed by atoms with Crippen molar-refractivity contribution in [3.8, 4) is 0 Å². The second kappa shape index (κ2) is 8.76. The zero-order valence-electron chi connectivity index (χ0n) is 15.4. The number of thioether (sulfide) groups is 1. The lowest BCUT2D eigenvalue weighted by molar-refractivity contribution is -0.109. The van der Waals surface area contributed by atoms with Gasteiger partial charge in [0.05, 0.1) is 30.9 Å². The van der Waals surface area contributed by atoms with Gasteiger partial charge in [0.25, 0.3) is 10.0 Å².